The van der Waals surface area contributed by atoms with Crippen LogP contribution < -0.4 is 0 Å². The van der Waals surface area contributed by atoms with Crippen LogP contribution in [0.4, 0.5) is 0 Å². The first-order valence-corrected chi connectivity index (χ1v) is 9.24. The second-order valence-electron chi connectivity index (χ2n) is 9.51. The quantitative estimate of drug-likeness (QED) is 0.751. The SMILES string of the molecule is CCOC(=O)[C@@H]1CC(=O)N(C23CC4C[C@@](C)(C2)C[C@](C)(C4)C3)C1. The number of carbonyl (C=O) groups excluding carboxylic acids is 2. The third-order valence-electron chi connectivity index (χ3n) is 6.91. The summed E-state index contributed by atoms with van der Waals surface area (Å²) < 4.78 is 5.16. The Labute approximate surface area is 138 Å². The monoisotopic (exact) mass is 319 g/mol. The van der Waals surface area contributed by atoms with Crippen LogP contribution >= 0.6 is 0 Å². The van der Waals surface area contributed by atoms with E-state index in [-0.39, 0.29) is 23.3 Å². The van der Waals surface area contributed by atoms with Crippen molar-refractivity contribution in [3.8, 4) is 0 Å². The maximum absolute atomic E-state index is 12.7. The number of esters is 1. The van der Waals surface area contributed by atoms with Crippen LogP contribution in [0.3, 0.4) is 0 Å². The van der Waals surface area contributed by atoms with E-state index in [0.717, 1.165) is 25.2 Å². The topological polar surface area (TPSA) is 46.6 Å². The molecule has 1 saturated heterocycles. The van der Waals surface area contributed by atoms with Gasteiger partial charge in [-0.25, -0.2) is 0 Å². The van der Waals surface area contributed by atoms with Crippen molar-refractivity contribution in [2.45, 2.75) is 71.3 Å². The summed E-state index contributed by atoms with van der Waals surface area (Å²) in [6, 6.07) is 0. The van der Waals surface area contributed by atoms with Gasteiger partial charge in [0.1, 0.15) is 0 Å². The maximum atomic E-state index is 12.7. The lowest BCUT2D eigenvalue weighted by atomic mass is 9.42. The van der Waals surface area contributed by atoms with E-state index in [1.54, 1.807) is 0 Å². The maximum Gasteiger partial charge on any atom is 0.311 e. The predicted molar refractivity (Wildman–Crippen MR) is 86.6 cm³/mol. The highest BCUT2D eigenvalue weighted by atomic mass is 16.5. The molecule has 4 heteroatoms. The first kappa shape index (κ1) is 15.5. The lowest BCUT2D eigenvalue weighted by Crippen LogP contribution is -2.65. The molecule has 4 bridgehead atoms. The Hall–Kier alpha value is -1.06. The molecule has 5 atom stereocenters. The average molecular weight is 319 g/mol. The van der Waals surface area contributed by atoms with Gasteiger partial charge in [-0.3, -0.25) is 9.59 Å². The number of ether oxygens (including phenoxy) is 1. The molecule has 5 rings (SSSR count). The molecule has 0 aromatic heterocycles. The van der Waals surface area contributed by atoms with E-state index in [9.17, 15) is 9.59 Å². The third kappa shape index (κ3) is 2.32. The number of hydrogen-bond acceptors (Lipinski definition) is 3. The lowest BCUT2D eigenvalue weighted by molar-refractivity contribution is -0.170. The lowest BCUT2D eigenvalue weighted by Gasteiger charge is -2.67. The molecule has 0 spiro atoms. The Morgan fingerprint density at radius 1 is 1.17 bits per heavy atom. The van der Waals surface area contributed by atoms with Crippen LogP contribution in [0.15, 0.2) is 0 Å². The molecule has 128 valence electrons. The van der Waals surface area contributed by atoms with Crippen molar-refractivity contribution in [2.75, 3.05) is 13.2 Å². The molecule has 4 nitrogen and oxygen atoms in total. The largest absolute Gasteiger partial charge is 0.466 e. The fourth-order valence-electron chi connectivity index (χ4n) is 7.27. The number of nitrogens with zero attached hydrogens (tertiary/aromatic N) is 1. The van der Waals surface area contributed by atoms with Gasteiger partial charge in [-0.1, -0.05) is 13.8 Å². The Balaban J connectivity index is 1.60. The van der Waals surface area contributed by atoms with Gasteiger partial charge in [0, 0.05) is 18.5 Å². The number of rotatable bonds is 3. The van der Waals surface area contributed by atoms with Gasteiger partial charge in [-0.2, -0.15) is 0 Å². The summed E-state index contributed by atoms with van der Waals surface area (Å²) >= 11 is 0. The van der Waals surface area contributed by atoms with Crippen molar-refractivity contribution in [1.82, 2.24) is 4.90 Å². The van der Waals surface area contributed by atoms with Crippen LogP contribution in [0, 0.1) is 22.7 Å². The van der Waals surface area contributed by atoms with Crippen LogP contribution in [0.2, 0.25) is 0 Å². The Morgan fingerprint density at radius 2 is 1.83 bits per heavy atom. The van der Waals surface area contributed by atoms with Gasteiger partial charge in [0.2, 0.25) is 5.91 Å². The van der Waals surface area contributed by atoms with Gasteiger partial charge >= 0.3 is 5.97 Å². The molecule has 1 heterocycles. The van der Waals surface area contributed by atoms with Crippen molar-refractivity contribution in [1.29, 1.82) is 0 Å². The Kier molecular flexibility index (Phi) is 3.18. The Bertz CT molecular complexity index is 539. The minimum Gasteiger partial charge on any atom is -0.466 e. The van der Waals surface area contributed by atoms with E-state index >= 15 is 0 Å². The zero-order chi connectivity index (χ0) is 16.5. The van der Waals surface area contributed by atoms with Crippen LogP contribution in [-0.2, 0) is 14.3 Å². The van der Waals surface area contributed by atoms with Crippen LogP contribution in [0.1, 0.15) is 65.7 Å². The number of amides is 1. The highest BCUT2D eigenvalue weighted by molar-refractivity contribution is 5.87. The van der Waals surface area contributed by atoms with Gasteiger partial charge < -0.3 is 9.64 Å². The van der Waals surface area contributed by atoms with Gasteiger partial charge in [0.15, 0.2) is 0 Å². The molecule has 4 aliphatic carbocycles. The van der Waals surface area contributed by atoms with E-state index in [1.807, 2.05) is 6.92 Å². The van der Waals surface area contributed by atoms with Gasteiger partial charge in [-0.05, 0) is 62.2 Å². The molecular weight excluding hydrogens is 290 g/mol. The molecule has 1 aliphatic heterocycles. The first-order valence-electron chi connectivity index (χ1n) is 9.24. The molecule has 4 saturated carbocycles. The number of hydrogen-bond donors (Lipinski definition) is 0. The molecule has 0 aromatic rings. The molecule has 1 amide bonds. The summed E-state index contributed by atoms with van der Waals surface area (Å²) in [4.78, 5) is 26.9. The second-order valence-corrected chi connectivity index (χ2v) is 9.51. The summed E-state index contributed by atoms with van der Waals surface area (Å²) in [5, 5.41) is 0. The number of carbonyl (C=O) groups is 2. The van der Waals surface area contributed by atoms with Crippen LogP contribution in [0.25, 0.3) is 0 Å². The molecule has 5 fully saturated rings. The van der Waals surface area contributed by atoms with Gasteiger partial charge in [0.25, 0.3) is 0 Å². The third-order valence-corrected chi connectivity index (χ3v) is 6.91. The molecule has 0 aromatic carbocycles. The zero-order valence-electron chi connectivity index (χ0n) is 14.7. The van der Waals surface area contributed by atoms with E-state index in [0.29, 0.717) is 30.4 Å². The smallest absolute Gasteiger partial charge is 0.311 e. The van der Waals surface area contributed by atoms with Crippen molar-refractivity contribution >= 4 is 11.9 Å². The van der Waals surface area contributed by atoms with E-state index in [4.69, 9.17) is 4.74 Å². The van der Waals surface area contributed by atoms with Gasteiger partial charge in [-0.15, -0.1) is 0 Å². The summed E-state index contributed by atoms with van der Waals surface area (Å²) in [6.45, 7) is 7.65. The van der Waals surface area contributed by atoms with Crippen molar-refractivity contribution in [3.63, 3.8) is 0 Å². The predicted octanol–water partition coefficient (Wildman–Crippen LogP) is 3.15. The summed E-state index contributed by atoms with van der Waals surface area (Å²) in [7, 11) is 0. The normalized spacial score (nSPS) is 48.1. The summed E-state index contributed by atoms with van der Waals surface area (Å²) in [5.74, 6) is 0.495. The van der Waals surface area contributed by atoms with E-state index in [2.05, 4.69) is 18.7 Å². The Morgan fingerprint density at radius 3 is 2.39 bits per heavy atom. The first-order chi connectivity index (χ1) is 10.8. The van der Waals surface area contributed by atoms with Gasteiger partial charge in [0.05, 0.1) is 12.5 Å². The number of likely N-dealkylation sites (tertiary alicyclic amines) is 1. The molecule has 2 unspecified atom stereocenters. The minimum atomic E-state index is -0.254. The average Bonchev–Trinajstić information content (AvgIpc) is 2.77. The highest BCUT2D eigenvalue weighted by Gasteiger charge is 2.63. The molecular formula is C19H29NO3. The summed E-state index contributed by atoms with van der Waals surface area (Å²) in [6.07, 6.45) is 7.72. The summed E-state index contributed by atoms with van der Waals surface area (Å²) in [5.41, 5.74) is 0.786. The van der Waals surface area contributed by atoms with Crippen LogP contribution in [0.5, 0.6) is 0 Å². The van der Waals surface area contributed by atoms with Crippen molar-refractivity contribution in [3.05, 3.63) is 0 Å². The van der Waals surface area contributed by atoms with E-state index in [1.165, 1.54) is 19.3 Å². The van der Waals surface area contributed by atoms with Crippen molar-refractivity contribution < 1.29 is 14.3 Å². The second kappa shape index (κ2) is 4.73. The van der Waals surface area contributed by atoms with Crippen LogP contribution in [-0.4, -0.2) is 35.5 Å². The van der Waals surface area contributed by atoms with Crippen molar-refractivity contribution in [2.24, 2.45) is 22.7 Å². The zero-order valence-corrected chi connectivity index (χ0v) is 14.7. The molecule has 0 radical (unpaired) electrons. The fourth-order valence-corrected chi connectivity index (χ4v) is 7.27. The molecule has 0 N–H and O–H groups in total. The standard InChI is InChI=1S/C19H29NO3/c1-4-23-16(22)14-5-15(21)20(9-14)19-8-13-6-17(2,11-19)10-18(3,7-13)12-19/h13-14H,4-12H2,1-3H3/t13?,14-,17-,18+,19?/m1/s1. The fraction of sp³-hybridized carbons (Fsp3) is 0.895. The molecule has 5 aliphatic rings. The van der Waals surface area contributed by atoms with E-state index < -0.39 is 0 Å². The molecule has 23 heavy (non-hydrogen) atoms. The minimum absolute atomic E-state index is 0.0151. The highest BCUT2D eigenvalue weighted by Crippen LogP contribution is 2.68.